The van der Waals surface area contributed by atoms with Crippen LogP contribution < -0.4 is 15.0 Å². The van der Waals surface area contributed by atoms with E-state index in [9.17, 15) is 9.59 Å². The molecule has 146 valence electrons. The molecular formula is C23H26N2O3. The van der Waals surface area contributed by atoms with Crippen molar-refractivity contribution in [3.63, 3.8) is 0 Å². The summed E-state index contributed by atoms with van der Waals surface area (Å²) in [5.41, 5.74) is 3.24. The number of aryl methyl sites for hydroxylation is 1. The summed E-state index contributed by atoms with van der Waals surface area (Å²) >= 11 is 0. The van der Waals surface area contributed by atoms with Crippen LogP contribution in [0.4, 0.5) is 5.69 Å². The van der Waals surface area contributed by atoms with E-state index in [4.69, 9.17) is 4.74 Å². The van der Waals surface area contributed by atoms with Crippen LogP contribution >= 0.6 is 0 Å². The number of hydrogen-bond acceptors (Lipinski definition) is 3. The van der Waals surface area contributed by atoms with Gasteiger partial charge in [-0.1, -0.05) is 12.1 Å². The number of rotatable bonds is 3. The maximum atomic E-state index is 12.9. The molecule has 2 aliphatic rings. The van der Waals surface area contributed by atoms with E-state index in [2.05, 4.69) is 5.32 Å². The van der Waals surface area contributed by atoms with Crippen LogP contribution in [-0.2, 0) is 4.79 Å². The molecule has 5 heteroatoms. The van der Waals surface area contributed by atoms with Crippen LogP contribution in [0.15, 0.2) is 42.5 Å². The van der Waals surface area contributed by atoms with E-state index >= 15 is 0 Å². The standard InChI is InChI=1S/C23H26N2O3/c1-15-6-11-18-19(14-23(2,3)28-20(18)13-15)24-22(27)16-7-9-17(10-8-16)25-12-4-5-21(25)26/h6-11,13,19H,4-5,12,14H2,1-3H3,(H,24,27)/t19-/m1/s1. The van der Waals surface area contributed by atoms with Crippen molar-refractivity contribution in [2.45, 2.75) is 51.7 Å². The Kier molecular flexibility index (Phi) is 4.61. The van der Waals surface area contributed by atoms with Crippen LogP contribution in [0.1, 0.15) is 60.6 Å². The Morgan fingerprint density at radius 2 is 1.93 bits per heavy atom. The zero-order valence-corrected chi connectivity index (χ0v) is 16.6. The van der Waals surface area contributed by atoms with Gasteiger partial charge in [0, 0.05) is 36.2 Å². The van der Waals surface area contributed by atoms with Gasteiger partial charge < -0.3 is 15.0 Å². The number of amides is 2. The molecule has 0 aliphatic carbocycles. The van der Waals surface area contributed by atoms with Gasteiger partial charge in [0.05, 0.1) is 6.04 Å². The molecule has 1 N–H and O–H groups in total. The van der Waals surface area contributed by atoms with Crippen molar-refractivity contribution in [1.82, 2.24) is 5.32 Å². The quantitative estimate of drug-likeness (QED) is 0.873. The number of anilines is 1. The summed E-state index contributed by atoms with van der Waals surface area (Å²) in [6.07, 6.45) is 2.19. The van der Waals surface area contributed by atoms with Gasteiger partial charge in [0.15, 0.2) is 0 Å². The van der Waals surface area contributed by atoms with E-state index < -0.39 is 0 Å². The van der Waals surface area contributed by atoms with Crippen LogP contribution in [0, 0.1) is 6.92 Å². The molecule has 1 atom stereocenters. The minimum Gasteiger partial charge on any atom is -0.487 e. The molecule has 4 rings (SSSR count). The molecule has 0 aromatic heterocycles. The summed E-state index contributed by atoms with van der Waals surface area (Å²) < 4.78 is 6.11. The smallest absolute Gasteiger partial charge is 0.251 e. The van der Waals surface area contributed by atoms with Crippen molar-refractivity contribution < 1.29 is 14.3 Å². The molecule has 0 radical (unpaired) electrons. The van der Waals surface area contributed by atoms with E-state index in [0.29, 0.717) is 18.4 Å². The first-order valence-corrected chi connectivity index (χ1v) is 9.83. The van der Waals surface area contributed by atoms with Crippen LogP contribution in [-0.4, -0.2) is 24.0 Å². The fourth-order valence-electron chi connectivity index (χ4n) is 4.04. The summed E-state index contributed by atoms with van der Waals surface area (Å²) in [6, 6.07) is 13.3. The fraction of sp³-hybridized carbons (Fsp3) is 0.391. The Labute approximate surface area is 165 Å². The summed E-state index contributed by atoms with van der Waals surface area (Å²) in [6.45, 7) is 6.86. The molecule has 5 nitrogen and oxygen atoms in total. The monoisotopic (exact) mass is 378 g/mol. The van der Waals surface area contributed by atoms with Crippen LogP contribution in [0.3, 0.4) is 0 Å². The lowest BCUT2D eigenvalue weighted by atomic mass is 9.89. The van der Waals surface area contributed by atoms with E-state index in [1.165, 1.54) is 0 Å². The third-order valence-corrected chi connectivity index (χ3v) is 5.45. The maximum Gasteiger partial charge on any atom is 0.251 e. The SMILES string of the molecule is Cc1ccc2c(c1)OC(C)(C)C[C@H]2NC(=O)c1ccc(N2CCCC2=O)cc1. The minimum absolute atomic E-state index is 0.105. The number of nitrogens with zero attached hydrogens (tertiary/aromatic N) is 1. The van der Waals surface area contributed by atoms with Gasteiger partial charge in [0.1, 0.15) is 11.4 Å². The van der Waals surface area contributed by atoms with Gasteiger partial charge in [-0.2, -0.15) is 0 Å². The van der Waals surface area contributed by atoms with Gasteiger partial charge >= 0.3 is 0 Å². The van der Waals surface area contributed by atoms with E-state index in [1.54, 1.807) is 17.0 Å². The number of hydrogen-bond donors (Lipinski definition) is 1. The number of ether oxygens (including phenoxy) is 1. The number of carbonyl (C=O) groups excluding carboxylic acids is 2. The van der Waals surface area contributed by atoms with Crippen molar-refractivity contribution in [1.29, 1.82) is 0 Å². The van der Waals surface area contributed by atoms with Crippen molar-refractivity contribution in [3.05, 3.63) is 59.2 Å². The van der Waals surface area contributed by atoms with Gasteiger partial charge in [0.25, 0.3) is 5.91 Å². The maximum absolute atomic E-state index is 12.9. The summed E-state index contributed by atoms with van der Waals surface area (Å²) in [5, 5.41) is 3.16. The highest BCUT2D eigenvalue weighted by Gasteiger charge is 2.34. The minimum atomic E-state index is -0.348. The molecule has 1 fully saturated rings. The molecule has 2 heterocycles. The highest BCUT2D eigenvalue weighted by atomic mass is 16.5. The van der Waals surface area contributed by atoms with Gasteiger partial charge in [-0.3, -0.25) is 9.59 Å². The average molecular weight is 378 g/mol. The molecule has 2 aromatic rings. The first-order chi connectivity index (χ1) is 13.3. The zero-order chi connectivity index (χ0) is 19.9. The lowest BCUT2D eigenvalue weighted by molar-refractivity contribution is -0.117. The van der Waals surface area contributed by atoms with Gasteiger partial charge in [-0.25, -0.2) is 0 Å². The number of nitrogens with one attached hydrogen (secondary N) is 1. The Hall–Kier alpha value is -2.82. The van der Waals surface area contributed by atoms with Crippen molar-refractivity contribution in [2.24, 2.45) is 0 Å². The summed E-state index contributed by atoms with van der Waals surface area (Å²) in [7, 11) is 0. The number of fused-ring (bicyclic) bond motifs is 1. The van der Waals surface area contributed by atoms with Gasteiger partial charge in [0.2, 0.25) is 5.91 Å². The second-order valence-corrected chi connectivity index (χ2v) is 8.33. The molecule has 0 bridgehead atoms. The second-order valence-electron chi connectivity index (χ2n) is 8.33. The first-order valence-electron chi connectivity index (χ1n) is 9.83. The first kappa shape index (κ1) is 18.5. The second kappa shape index (κ2) is 6.97. The van der Waals surface area contributed by atoms with E-state index in [-0.39, 0.29) is 23.5 Å². The van der Waals surface area contributed by atoms with Crippen molar-refractivity contribution >= 4 is 17.5 Å². The van der Waals surface area contributed by atoms with Crippen molar-refractivity contribution in [2.75, 3.05) is 11.4 Å². The molecule has 0 saturated carbocycles. The number of carbonyl (C=O) groups is 2. The molecular weight excluding hydrogens is 352 g/mol. The summed E-state index contributed by atoms with van der Waals surface area (Å²) in [5.74, 6) is 0.867. The van der Waals surface area contributed by atoms with E-state index in [0.717, 1.165) is 35.5 Å². The molecule has 2 amide bonds. The molecule has 28 heavy (non-hydrogen) atoms. The molecule has 2 aromatic carbocycles. The predicted octanol–water partition coefficient (Wildman–Crippen LogP) is 4.15. The van der Waals surface area contributed by atoms with Gasteiger partial charge in [-0.05, 0) is 63.1 Å². The topological polar surface area (TPSA) is 58.6 Å². The van der Waals surface area contributed by atoms with Crippen molar-refractivity contribution in [3.8, 4) is 5.75 Å². The van der Waals surface area contributed by atoms with E-state index in [1.807, 2.05) is 51.1 Å². The number of benzene rings is 2. The van der Waals surface area contributed by atoms with Crippen LogP contribution in [0.5, 0.6) is 5.75 Å². The van der Waals surface area contributed by atoms with Crippen LogP contribution in [0.2, 0.25) is 0 Å². The largest absolute Gasteiger partial charge is 0.487 e. The normalized spacial score (nSPS) is 20.5. The van der Waals surface area contributed by atoms with Crippen LogP contribution in [0.25, 0.3) is 0 Å². The highest BCUT2D eigenvalue weighted by molar-refractivity contribution is 5.97. The van der Waals surface area contributed by atoms with Gasteiger partial charge in [-0.15, -0.1) is 0 Å². The Morgan fingerprint density at radius 3 is 2.61 bits per heavy atom. The Bertz CT molecular complexity index is 918. The zero-order valence-electron chi connectivity index (χ0n) is 16.6. The molecule has 1 saturated heterocycles. The molecule has 0 unspecified atom stereocenters. The summed E-state index contributed by atoms with van der Waals surface area (Å²) in [4.78, 5) is 26.5. The average Bonchev–Trinajstić information content (AvgIpc) is 3.06. The predicted molar refractivity (Wildman–Crippen MR) is 109 cm³/mol. The molecule has 0 spiro atoms. The lowest BCUT2D eigenvalue weighted by Crippen LogP contribution is -2.41. The molecule has 2 aliphatic heterocycles. The Balaban J connectivity index is 1.53. The third-order valence-electron chi connectivity index (χ3n) is 5.45. The third kappa shape index (κ3) is 3.61. The Morgan fingerprint density at radius 1 is 1.18 bits per heavy atom. The highest BCUT2D eigenvalue weighted by Crippen LogP contribution is 2.40. The fourth-order valence-corrected chi connectivity index (χ4v) is 4.04. The lowest BCUT2D eigenvalue weighted by Gasteiger charge is -2.38.